The summed E-state index contributed by atoms with van der Waals surface area (Å²) < 4.78 is 0. The average Bonchev–Trinajstić information content (AvgIpc) is 1.38. The second-order valence-corrected chi connectivity index (χ2v) is 4.42. The molecule has 0 N–H and O–H groups in total. The molecule has 0 fully saturated rings. The van der Waals surface area contributed by atoms with Crippen LogP contribution in [-0.2, 0) is 0 Å². The number of hydrogen-bond acceptors (Lipinski definition) is 0. The van der Waals surface area contributed by atoms with E-state index in [0.717, 1.165) is 5.54 Å². The molecule has 0 radical (unpaired) electrons. The zero-order chi connectivity index (χ0) is 4.28. The monoisotopic (exact) mass is 108 g/mol. The number of halogens is 1. The SMILES string of the molecule is CC(C)[SiH2]Cl. The van der Waals surface area contributed by atoms with E-state index in [1.807, 2.05) is 0 Å². The topological polar surface area (TPSA) is 0 Å². The van der Waals surface area contributed by atoms with Gasteiger partial charge < -0.3 is 0 Å². The first-order valence-electron chi connectivity index (χ1n) is 1.83. The van der Waals surface area contributed by atoms with Crippen molar-refractivity contribution in [3.8, 4) is 0 Å². The van der Waals surface area contributed by atoms with Crippen molar-refractivity contribution >= 4 is 19.9 Å². The molecule has 0 aromatic rings. The Morgan fingerprint density at radius 1 is 1.60 bits per heavy atom. The predicted octanol–water partition coefficient (Wildman–Crippen LogP) is 1.14. The Hall–Kier alpha value is 0.507. The van der Waals surface area contributed by atoms with E-state index >= 15 is 0 Å². The Morgan fingerprint density at radius 3 is 1.80 bits per heavy atom. The van der Waals surface area contributed by atoms with Crippen molar-refractivity contribution in [1.29, 1.82) is 0 Å². The molecule has 32 valence electrons. The Kier molecular flexibility index (Phi) is 3.01. The molecule has 0 aliphatic carbocycles. The van der Waals surface area contributed by atoms with Gasteiger partial charge >= 0.3 is 0 Å². The first-order valence-corrected chi connectivity index (χ1v) is 4.78. The maximum atomic E-state index is 5.48. The molecule has 0 saturated carbocycles. The molecule has 0 spiro atoms. The van der Waals surface area contributed by atoms with Crippen molar-refractivity contribution in [2.24, 2.45) is 0 Å². The predicted molar refractivity (Wildman–Crippen MR) is 29.5 cm³/mol. The van der Waals surface area contributed by atoms with Gasteiger partial charge in [-0.3, -0.25) is 0 Å². The molecule has 0 aliphatic heterocycles. The Labute approximate surface area is 40.1 Å². The van der Waals surface area contributed by atoms with Crippen LogP contribution in [0.3, 0.4) is 0 Å². The molecule has 0 heterocycles. The van der Waals surface area contributed by atoms with Crippen LogP contribution in [0.15, 0.2) is 0 Å². The van der Waals surface area contributed by atoms with E-state index in [2.05, 4.69) is 13.8 Å². The highest BCUT2D eigenvalue weighted by Gasteiger charge is 1.84. The first-order chi connectivity index (χ1) is 2.27. The van der Waals surface area contributed by atoms with Crippen molar-refractivity contribution in [3.05, 3.63) is 0 Å². The largest absolute Gasteiger partial charge is 0.176 e. The van der Waals surface area contributed by atoms with Gasteiger partial charge in [0.15, 0.2) is 0 Å². The minimum atomic E-state index is -0.179. The fourth-order valence-corrected chi connectivity index (χ4v) is 0. The zero-order valence-electron chi connectivity index (χ0n) is 3.66. The highest BCUT2D eigenvalue weighted by atomic mass is 35.6. The van der Waals surface area contributed by atoms with Crippen LogP contribution >= 0.6 is 11.1 Å². The van der Waals surface area contributed by atoms with E-state index in [4.69, 9.17) is 11.1 Å². The highest BCUT2D eigenvalue weighted by molar-refractivity contribution is 6.94. The minimum absolute atomic E-state index is 0.179. The molecule has 5 heavy (non-hydrogen) atoms. The standard InChI is InChI=1S/C3H9ClSi/c1-3(2)5-4/h3H,5H2,1-2H3. The second kappa shape index (κ2) is 2.73. The highest BCUT2D eigenvalue weighted by Crippen LogP contribution is 1.96. The number of rotatable bonds is 1. The van der Waals surface area contributed by atoms with Gasteiger partial charge in [0.2, 0.25) is 0 Å². The van der Waals surface area contributed by atoms with Crippen molar-refractivity contribution in [3.63, 3.8) is 0 Å². The van der Waals surface area contributed by atoms with Gasteiger partial charge in [0, 0.05) is 0 Å². The maximum Gasteiger partial charge on any atom is 0.127 e. The molecule has 2 heteroatoms. The molecule has 0 nitrogen and oxygen atoms in total. The van der Waals surface area contributed by atoms with Gasteiger partial charge in [-0.1, -0.05) is 13.8 Å². The van der Waals surface area contributed by atoms with Crippen LogP contribution in [0.4, 0.5) is 0 Å². The quantitative estimate of drug-likeness (QED) is 0.349. The summed E-state index contributed by atoms with van der Waals surface area (Å²) in [6, 6.07) is 0. The van der Waals surface area contributed by atoms with Crippen molar-refractivity contribution < 1.29 is 0 Å². The van der Waals surface area contributed by atoms with Crippen molar-refractivity contribution in [2.45, 2.75) is 19.4 Å². The van der Waals surface area contributed by atoms with Gasteiger partial charge in [-0.05, 0) is 5.54 Å². The van der Waals surface area contributed by atoms with Gasteiger partial charge in [0.1, 0.15) is 8.83 Å². The lowest BCUT2D eigenvalue weighted by Crippen LogP contribution is -1.80. The smallest absolute Gasteiger partial charge is 0.127 e. The molecule has 0 aliphatic rings. The molecule has 0 aromatic carbocycles. The zero-order valence-corrected chi connectivity index (χ0v) is 5.83. The van der Waals surface area contributed by atoms with Gasteiger partial charge in [0.05, 0.1) is 0 Å². The number of hydrogen-bond donors (Lipinski definition) is 0. The third-order valence-electron chi connectivity index (χ3n) is 0.309. The summed E-state index contributed by atoms with van der Waals surface area (Å²) in [6.07, 6.45) is 0. The molecule has 0 bridgehead atoms. The summed E-state index contributed by atoms with van der Waals surface area (Å²) in [6.45, 7) is 4.30. The third-order valence-corrected chi connectivity index (χ3v) is 2.78. The molecule has 0 aromatic heterocycles. The van der Waals surface area contributed by atoms with E-state index < -0.39 is 0 Å². The Morgan fingerprint density at radius 2 is 1.80 bits per heavy atom. The fourth-order valence-electron chi connectivity index (χ4n) is 0. The second-order valence-electron chi connectivity index (χ2n) is 1.55. The maximum absolute atomic E-state index is 5.48. The van der Waals surface area contributed by atoms with E-state index in [1.54, 1.807) is 0 Å². The summed E-state index contributed by atoms with van der Waals surface area (Å²) in [5.41, 5.74) is 0.789. The summed E-state index contributed by atoms with van der Waals surface area (Å²) in [5, 5.41) is 0. The van der Waals surface area contributed by atoms with E-state index in [0.29, 0.717) is 0 Å². The lowest BCUT2D eigenvalue weighted by atomic mass is 10.6. The third kappa shape index (κ3) is 4.51. The lowest BCUT2D eigenvalue weighted by molar-refractivity contribution is 1.07. The molecule has 0 rings (SSSR count). The van der Waals surface area contributed by atoms with Crippen LogP contribution < -0.4 is 0 Å². The van der Waals surface area contributed by atoms with Gasteiger partial charge in [-0.2, -0.15) is 11.1 Å². The molecule has 0 unspecified atom stereocenters. The van der Waals surface area contributed by atoms with Crippen molar-refractivity contribution in [2.75, 3.05) is 0 Å². The van der Waals surface area contributed by atoms with Crippen LogP contribution in [0.1, 0.15) is 13.8 Å². The van der Waals surface area contributed by atoms with Gasteiger partial charge in [-0.15, -0.1) is 0 Å². The average molecular weight is 109 g/mol. The molecular weight excluding hydrogens is 99.6 g/mol. The van der Waals surface area contributed by atoms with E-state index in [-0.39, 0.29) is 8.83 Å². The Bertz CT molecular complexity index is 20.9. The minimum Gasteiger partial charge on any atom is -0.176 e. The molecule has 0 amide bonds. The lowest BCUT2D eigenvalue weighted by Gasteiger charge is -1.87. The van der Waals surface area contributed by atoms with Crippen LogP contribution in [-0.4, -0.2) is 8.83 Å². The van der Waals surface area contributed by atoms with E-state index in [9.17, 15) is 0 Å². The normalized spacial score (nSPS) is 12.0. The summed E-state index contributed by atoms with van der Waals surface area (Å²) >= 11 is 5.48. The molecule has 0 saturated heterocycles. The summed E-state index contributed by atoms with van der Waals surface area (Å²) in [7, 11) is -0.179. The van der Waals surface area contributed by atoms with Crippen LogP contribution in [0, 0.1) is 0 Å². The van der Waals surface area contributed by atoms with Crippen LogP contribution in [0.25, 0.3) is 0 Å². The summed E-state index contributed by atoms with van der Waals surface area (Å²) in [5.74, 6) is 0. The first kappa shape index (κ1) is 5.51. The Balaban J connectivity index is 2.54. The molecular formula is C3H9ClSi. The summed E-state index contributed by atoms with van der Waals surface area (Å²) in [4.78, 5) is 0. The van der Waals surface area contributed by atoms with E-state index in [1.165, 1.54) is 0 Å². The van der Waals surface area contributed by atoms with Gasteiger partial charge in [-0.25, -0.2) is 0 Å². The van der Waals surface area contributed by atoms with Crippen LogP contribution in [0.2, 0.25) is 5.54 Å². The van der Waals surface area contributed by atoms with Crippen LogP contribution in [0.5, 0.6) is 0 Å². The molecule has 0 atom stereocenters. The van der Waals surface area contributed by atoms with Crippen molar-refractivity contribution in [1.82, 2.24) is 0 Å². The fraction of sp³-hybridized carbons (Fsp3) is 1.00. The van der Waals surface area contributed by atoms with Gasteiger partial charge in [0.25, 0.3) is 0 Å².